The first-order valence-corrected chi connectivity index (χ1v) is 7.91. The molecule has 1 atom stereocenters. The quantitative estimate of drug-likeness (QED) is 0.705. The van der Waals surface area contributed by atoms with Gasteiger partial charge in [0, 0.05) is 6.54 Å². The topological polar surface area (TPSA) is 21.3 Å². The van der Waals surface area contributed by atoms with Crippen LogP contribution in [0.15, 0.2) is 24.3 Å². The van der Waals surface area contributed by atoms with Crippen molar-refractivity contribution in [3.63, 3.8) is 0 Å². The first-order chi connectivity index (χ1) is 9.43. The molecule has 0 saturated carbocycles. The van der Waals surface area contributed by atoms with E-state index < -0.39 is 0 Å². The summed E-state index contributed by atoms with van der Waals surface area (Å²) >= 11 is 0. The molecule has 2 heteroatoms. The van der Waals surface area contributed by atoms with Gasteiger partial charge in [0.2, 0.25) is 0 Å². The molecule has 1 aromatic rings. The van der Waals surface area contributed by atoms with Gasteiger partial charge in [0.05, 0.1) is 0 Å². The Balaban J connectivity index is 2.40. The van der Waals surface area contributed by atoms with Gasteiger partial charge in [-0.3, -0.25) is 0 Å². The molecule has 0 amide bonds. The summed E-state index contributed by atoms with van der Waals surface area (Å²) in [4.78, 5) is 0. The largest absolute Gasteiger partial charge is 0.489 e. The van der Waals surface area contributed by atoms with Crippen molar-refractivity contribution in [3.05, 3.63) is 29.8 Å². The van der Waals surface area contributed by atoms with Gasteiger partial charge in [-0.25, -0.2) is 0 Å². The van der Waals surface area contributed by atoms with Crippen molar-refractivity contribution in [2.45, 2.75) is 65.4 Å². The highest BCUT2D eigenvalue weighted by Crippen LogP contribution is 2.25. The third kappa shape index (κ3) is 6.42. The van der Waals surface area contributed by atoms with Gasteiger partial charge in [-0.05, 0) is 43.0 Å². The summed E-state index contributed by atoms with van der Waals surface area (Å²) in [6.45, 7) is 13.0. The molecule has 0 aliphatic rings. The van der Waals surface area contributed by atoms with Gasteiger partial charge >= 0.3 is 0 Å². The van der Waals surface area contributed by atoms with E-state index in [1.807, 2.05) is 6.07 Å². The summed E-state index contributed by atoms with van der Waals surface area (Å²) in [5, 5.41) is 3.46. The smallest absolute Gasteiger partial charge is 0.120 e. The lowest BCUT2D eigenvalue weighted by Gasteiger charge is -2.21. The van der Waals surface area contributed by atoms with Crippen LogP contribution in [-0.2, 0) is 5.41 Å². The van der Waals surface area contributed by atoms with Gasteiger partial charge in [0.1, 0.15) is 11.9 Å². The van der Waals surface area contributed by atoms with Crippen LogP contribution in [0.3, 0.4) is 0 Å². The molecule has 0 bridgehead atoms. The maximum absolute atomic E-state index is 5.99. The number of rotatable bonds is 8. The molecule has 0 aromatic heterocycles. The zero-order valence-electron chi connectivity index (χ0n) is 13.8. The Kier molecular flexibility index (Phi) is 7.08. The summed E-state index contributed by atoms with van der Waals surface area (Å²) < 4.78 is 5.99. The van der Waals surface area contributed by atoms with Crippen molar-refractivity contribution in [2.75, 3.05) is 13.1 Å². The lowest BCUT2D eigenvalue weighted by Crippen LogP contribution is -2.29. The van der Waals surface area contributed by atoms with Crippen LogP contribution in [0.1, 0.15) is 59.4 Å². The van der Waals surface area contributed by atoms with Crippen LogP contribution in [0.5, 0.6) is 5.75 Å². The van der Waals surface area contributed by atoms with Crippen LogP contribution in [-0.4, -0.2) is 19.2 Å². The first-order valence-electron chi connectivity index (χ1n) is 7.91. The Bertz CT molecular complexity index is 381. The molecule has 0 radical (unpaired) electrons. The molecule has 0 fully saturated rings. The normalized spacial score (nSPS) is 13.2. The zero-order valence-corrected chi connectivity index (χ0v) is 13.8. The predicted octanol–water partition coefficient (Wildman–Crippen LogP) is 4.53. The average molecular weight is 277 g/mol. The number of hydrogen-bond donors (Lipinski definition) is 1. The molecular weight excluding hydrogens is 246 g/mol. The number of unbranched alkanes of at least 4 members (excludes halogenated alkanes) is 2. The molecule has 0 heterocycles. The highest BCUT2D eigenvalue weighted by molar-refractivity contribution is 5.32. The Morgan fingerprint density at radius 1 is 1.20 bits per heavy atom. The Labute approximate surface area is 124 Å². The van der Waals surface area contributed by atoms with Crippen LogP contribution in [0.25, 0.3) is 0 Å². The Morgan fingerprint density at radius 3 is 2.60 bits per heavy atom. The number of ether oxygens (including phenoxy) is 1. The molecular formula is C18H31NO. The van der Waals surface area contributed by atoms with E-state index >= 15 is 0 Å². The van der Waals surface area contributed by atoms with Crippen LogP contribution in [0.2, 0.25) is 0 Å². The van der Waals surface area contributed by atoms with Crippen molar-refractivity contribution in [1.29, 1.82) is 0 Å². The second-order valence-electron chi connectivity index (χ2n) is 6.62. The number of nitrogens with one attached hydrogen (secondary N) is 1. The molecule has 0 aliphatic carbocycles. The Hall–Kier alpha value is -1.02. The summed E-state index contributed by atoms with van der Waals surface area (Å²) in [6, 6.07) is 8.45. The highest BCUT2D eigenvalue weighted by atomic mass is 16.5. The van der Waals surface area contributed by atoms with E-state index in [4.69, 9.17) is 4.74 Å². The lowest BCUT2D eigenvalue weighted by atomic mass is 9.87. The second kappa shape index (κ2) is 8.31. The molecule has 2 nitrogen and oxygen atoms in total. The van der Waals surface area contributed by atoms with E-state index in [1.165, 1.54) is 24.8 Å². The van der Waals surface area contributed by atoms with Crippen LogP contribution in [0.4, 0.5) is 0 Å². The van der Waals surface area contributed by atoms with Crippen molar-refractivity contribution in [3.8, 4) is 5.75 Å². The highest BCUT2D eigenvalue weighted by Gasteiger charge is 2.14. The van der Waals surface area contributed by atoms with E-state index in [0.29, 0.717) is 0 Å². The summed E-state index contributed by atoms with van der Waals surface area (Å²) in [7, 11) is 0. The minimum absolute atomic E-state index is 0.168. The zero-order chi connectivity index (χ0) is 15.0. The van der Waals surface area contributed by atoms with E-state index in [1.54, 1.807) is 0 Å². The van der Waals surface area contributed by atoms with E-state index in [-0.39, 0.29) is 11.5 Å². The molecule has 0 aliphatic heterocycles. The first kappa shape index (κ1) is 17.0. The summed E-state index contributed by atoms with van der Waals surface area (Å²) in [6.07, 6.45) is 4.03. The molecule has 1 rings (SSSR count). The van der Waals surface area contributed by atoms with Crippen LogP contribution in [0, 0.1) is 0 Å². The molecule has 0 saturated heterocycles. The van der Waals surface area contributed by atoms with E-state index in [0.717, 1.165) is 18.8 Å². The van der Waals surface area contributed by atoms with Gasteiger partial charge in [-0.1, -0.05) is 52.7 Å². The fraction of sp³-hybridized carbons (Fsp3) is 0.667. The average Bonchev–Trinajstić information content (AvgIpc) is 2.38. The van der Waals surface area contributed by atoms with Gasteiger partial charge in [-0.2, -0.15) is 0 Å². The standard InChI is InChI=1S/C18H31NO/c1-6-7-8-12-19-14-15(2)20-17-11-9-10-16(13-17)18(3,4)5/h9-11,13,15,19H,6-8,12,14H2,1-5H3. The number of hydrogen-bond acceptors (Lipinski definition) is 2. The minimum Gasteiger partial charge on any atom is -0.489 e. The van der Waals surface area contributed by atoms with Crippen LogP contribution < -0.4 is 10.1 Å². The second-order valence-corrected chi connectivity index (χ2v) is 6.62. The Morgan fingerprint density at radius 2 is 1.95 bits per heavy atom. The number of benzene rings is 1. The fourth-order valence-corrected chi connectivity index (χ4v) is 2.12. The summed E-state index contributed by atoms with van der Waals surface area (Å²) in [5.41, 5.74) is 1.49. The third-order valence-corrected chi connectivity index (χ3v) is 3.43. The maximum Gasteiger partial charge on any atom is 0.120 e. The molecule has 1 unspecified atom stereocenters. The SMILES string of the molecule is CCCCCNCC(C)Oc1cccc(C(C)(C)C)c1. The van der Waals surface area contributed by atoms with E-state index in [9.17, 15) is 0 Å². The van der Waals surface area contributed by atoms with Crippen molar-refractivity contribution in [1.82, 2.24) is 5.32 Å². The molecule has 114 valence electrons. The van der Waals surface area contributed by atoms with Crippen molar-refractivity contribution >= 4 is 0 Å². The van der Waals surface area contributed by atoms with Gasteiger partial charge < -0.3 is 10.1 Å². The van der Waals surface area contributed by atoms with Gasteiger partial charge in [0.25, 0.3) is 0 Å². The monoisotopic (exact) mass is 277 g/mol. The predicted molar refractivity (Wildman–Crippen MR) is 87.6 cm³/mol. The fourth-order valence-electron chi connectivity index (χ4n) is 2.12. The molecule has 1 N–H and O–H groups in total. The maximum atomic E-state index is 5.99. The van der Waals surface area contributed by atoms with Crippen molar-refractivity contribution < 1.29 is 4.74 Å². The third-order valence-electron chi connectivity index (χ3n) is 3.43. The van der Waals surface area contributed by atoms with Gasteiger partial charge in [0.15, 0.2) is 0 Å². The lowest BCUT2D eigenvalue weighted by molar-refractivity contribution is 0.216. The summed E-state index contributed by atoms with van der Waals surface area (Å²) in [5.74, 6) is 0.972. The molecule has 0 spiro atoms. The van der Waals surface area contributed by atoms with Gasteiger partial charge in [-0.15, -0.1) is 0 Å². The van der Waals surface area contributed by atoms with Crippen LogP contribution >= 0.6 is 0 Å². The van der Waals surface area contributed by atoms with Crippen molar-refractivity contribution in [2.24, 2.45) is 0 Å². The molecule has 1 aromatic carbocycles. The molecule has 20 heavy (non-hydrogen) atoms. The minimum atomic E-state index is 0.168. The van der Waals surface area contributed by atoms with E-state index in [2.05, 4.69) is 58.1 Å².